The van der Waals surface area contributed by atoms with Gasteiger partial charge in [-0.1, -0.05) is 71.9 Å². The smallest absolute Gasteiger partial charge is 0.388 e. The first-order valence-electron chi connectivity index (χ1n) is 31.7. The number of nitrogens with two attached hydrogens (primary N) is 2. The van der Waals surface area contributed by atoms with Crippen molar-refractivity contribution < 1.29 is 88.2 Å². The number of anilines is 3. The van der Waals surface area contributed by atoms with Crippen molar-refractivity contribution in [2.24, 2.45) is 0 Å². The Kier molecular flexibility index (Phi) is 24.4. The number of imidazole rings is 2. The lowest BCUT2D eigenvalue weighted by atomic mass is 9.95. The van der Waals surface area contributed by atoms with Crippen LogP contribution in [0.1, 0.15) is 61.3 Å². The molecule has 11 atom stereocenters. The molecule has 8 aromatic rings. The van der Waals surface area contributed by atoms with Crippen molar-refractivity contribution in [1.29, 1.82) is 0 Å². The van der Waals surface area contributed by atoms with E-state index in [0.717, 1.165) is 39.3 Å². The van der Waals surface area contributed by atoms with Crippen LogP contribution in [0.15, 0.2) is 98.1 Å². The van der Waals surface area contributed by atoms with Gasteiger partial charge < -0.3 is 55.2 Å². The molecular weight excluding hydrogens is 1380 g/mol. The molecule has 38 heteroatoms. The van der Waals surface area contributed by atoms with Gasteiger partial charge in [0.1, 0.15) is 60.4 Å². The summed E-state index contributed by atoms with van der Waals surface area (Å²) in [7, 11) is -3.62. The van der Waals surface area contributed by atoms with Crippen LogP contribution in [0.4, 0.5) is 26.1 Å². The molecular formula is C61H71F2N15O17P3S+. The Bertz CT molecular complexity index is 4150. The number of para-hydroxylation sites is 1. The predicted molar refractivity (Wildman–Crippen MR) is 352 cm³/mol. The van der Waals surface area contributed by atoms with E-state index in [9.17, 15) is 23.8 Å². The van der Waals surface area contributed by atoms with E-state index < -0.39 is 92.3 Å². The highest BCUT2D eigenvalue weighted by molar-refractivity contribution is 8.54. The van der Waals surface area contributed by atoms with Crippen LogP contribution in [0.25, 0.3) is 44.8 Å². The standard InChI is InChI=1S/C61H70F2N15O17P3S/c62-48-54-45(93-60(48)76-35-71-51-56(64)67-33-69-58(51)76)31-91-98(84,95-55-44(30-90-97(83)94-54)92-61(49(55)63)77-36-72-52-57(65)68-34-70-59(52)77)99-32-38-16-14-37(15-17-38)27-88-25-24-86-23-22-85-21-19-78-53-41-9-2-1-8-39(41)26-75(43-11-4-3-10-42(43)50(53)73-74-78)47(81)13-6-5-12-46(80)66-18-7-20-87-28-40(79)29-89-96-82/h1-4,8-11,14-17,33-36,40,44-45,48-49,54-55,60-61,79H,5-7,12-13,18-32H2,(H4-,64,65,66,67,68,69,70,80)/p+1/t40?,44-,45-,48-,49-,54-,55-,60-,61-,98+/m1/s1. The number of hydrogen-bond donors (Lipinski definition) is 4. The summed E-state index contributed by atoms with van der Waals surface area (Å²) in [6.45, 7) is -2.68. The quantitative estimate of drug-likeness (QED) is 0.0250. The Morgan fingerprint density at radius 1 is 0.758 bits per heavy atom. The summed E-state index contributed by atoms with van der Waals surface area (Å²) in [6.07, 6.45) is -7.05. The molecule has 0 radical (unpaired) electrons. The number of rotatable bonds is 30. The molecule has 3 saturated heterocycles. The number of benzene rings is 3. The highest BCUT2D eigenvalue weighted by atomic mass is 32.7. The number of amides is 2. The Labute approximate surface area is 570 Å². The first-order valence-corrected chi connectivity index (χ1v) is 36.7. The summed E-state index contributed by atoms with van der Waals surface area (Å²) >= 11 is 0.748. The number of alkyl halides is 2. The highest BCUT2D eigenvalue weighted by Gasteiger charge is 2.56. The van der Waals surface area contributed by atoms with E-state index in [-0.39, 0.29) is 90.8 Å². The van der Waals surface area contributed by atoms with Crippen molar-refractivity contribution in [3.8, 4) is 22.5 Å². The third kappa shape index (κ3) is 17.3. The van der Waals surface area contributed by atoms with Gasteiger partial charge in [-0.2, -0.15) is 0 Å². The minimum Gasteiger partial charge on any atom is -0.388 e. The van der Waals surface area contributed by atoms with Crippen molar-refractivity contribution in [3.63, 3.8) is 0 Å². The van der Waals surface area contributed by atoms with Crippen LogP contribution < -0.4 is 21.7 Å². The van der Waals surface area contributed by atoms with E-state index >= 15 is 13.3 Å². The molecule has 0 saturated carbocycles. The molecule has 3 fully saturated rings. The summed E-state index contributed by atoms with van der Waals surface area (Å²) in [6, 6.07) is 22.8. The zero-order valence-electron chi connectivity index (χ0n) is 53.1. The number of aliphatic hydroxyl groups excluding tert-OH is 1. The summed E-state index contributed by atoms with van der Waals surface area (Å²) in [4.78, 5) is 53.1. The first-order chi connectivity index (χ1) is 48.2. The van der Waals surface area contributed by atoms with Gasteiger partial charge >= 0.3 is 23.7 Å². The summed E-state index contributed by atoms with van der Waals surface area (Å²) < 4.78 is 140. The molecule has 4 aliphatic heterocycles. The van der Waals surface area contributed by atoms with Gasteiger partial charge in [0.25, 0.3) is 0 Å². The topological polar surface area (TPSA) is 392 Å². The average Bonchev–Trinajstić information content (AvgIpc) is 1.66. The summed E-state index contributed by atoms with van der Waals surface area (Å²) in [5, 5.41) is 21.8. The van der Waals surface area contributed by atoms with Crippen LogP contribution in [-0.4, -0.2) is 186 Å². The third-order valence-electron chi connectivity index (χ3n) is 16.5. The molecule has 2 amide bonds. The molecule has 5 aromatic heterocycles. The first kappa shape index (κ1) is 71.4. The van der Waals surface area contributed by atoms with Crippen molar-refractivity contribution in [2.75, 3.05) is 89.0 Å². The van der Waals surface area contributed by atoms with Crippen molar-refractivity contribution in [3.05, 3.63) is 115 Å². The minimum atomic E-state index is -4.51. The number of carbonyl (C=O) groups excluding carboxylic acids is 2. The van der Waals surface area contributed by atoms with Crippen LogP contribution in [0.5, 0.6) is 0 Å². The summed E-state index contributed by atoms with van der Waals surface area (Å²) in [5.74, 6) is -0.106. The Morgan fingerprint density at radius 2 is 1.40 bits per heavy atom. The minimum absolute atomic E-state index is 0.0274. The predicted octanol–water partition coefficient (Wildman–Crippen LogP) is 7.51. The highest BCUT2D eigenvalue weighted by Crippen LogP contribution is 2.64. The average molecular weight is 1450 g/mol. The molecule has 4 aliphatic rings. The molecule has 6 N–H and O–H groups in total. The maximum atomic E-state index is 17.0. The molecule has 526 valence electrons. The van der Waals surface area contributed by atoms with Gasteiger partial charge in [0.15, 0.2) is 53.8 Å². The maximum Gasteiger partial charge on any atom is 0.697 e. The molecule has 99 heavy (non-hydrogen) atoms. The molecule has 0 spiro atoms. The van der Waals surface area contributed by atoms with E-state index in [1.807, 2.05) is 65.3 Å². The second-order valence-corrected chi connectivity index (χ2v) is 28.5. The van der Waals surface area contributed by atoms with Gasteiger partial charge in [0.05, 0.1) is 96.6 Å². The van der Waals surface area contributed by atoms with E-state index in [1.165, 1.54) is 34.4 Å². The van der Waals surface area contributed by atoms with Gasteiger partial charge in [-0.3, -0.25) is 32.3 Å². The fraction of sp³-hybridized carbons (Fsp3) is 0.475. The number of nitrogen functional groups attached to an aromatic ring is 2. The Balaban J connectivity index is 0.600. The lowest BCUT2D eigenvalue weighted by Gasteiger charge is -2.28. The number of hydrogen-bond acceptors (Lipinski definition) is 28. The van der Waals surface area contributed by atoms with Crippen molar-refractivity contribution >= 4 is 86.6 Å². The number of carbonyl (C=O) groups is 2. The third-order valence-corrected chi connectivity index (χ3v) is 21.2. The summed E-state index contributed by atoms with van der Waals surface area (Å²) in [5.41, 5.74) is 18.8. The van der Waals surface area contributed by atoms with Crippen molar-refractivity contribution in [1.82, 2.24) is 59.3 Å². The van der Waals surface area contributed by atoms with E-state index in [4.69, 9.17) is 58.0 Å². The maximum absolute atomic E-state index is 17.0. The van der Waals surface area contributed by atoms with E-state index in [2.05, 4.69) is 50.1 Å². The molecule has 2 unspecified atom stereocenters. The zero-order valence-corrected chi connectivity index (χ0v) is 56.6. The second kappa shape index (κ2) is 33.8. The van der Waals surface area contributed by atoms with Gasteiger partial charge in [-0.25, -0.2) is 52.5 Å². The van der Waals surface area contributed by atoms with Gasteiger partial charge in [-0.15, -0.1) is 14.1 Å². The van der Waals surface area contributed by atoms with Crippen LogP contribution >= 0.6 is 35.1 Å². The lowest BCUT2D eigenvalue weighted by Crippen LogP contribution is -2.36. The van der Waals surface area contributed by atoms with Gasteiger partial charge in [0, 0.05) is 47.4 Å². The molecule has 9 heterocycles. The fourth-order valence-electron chi connectivity index (χ4n) is 11.6. The molecule has 0 aliphatic carbocycles. The van der Waals surface area contributed by atoms with Crippen LogP contribution in [0.3, 0.4) is 0 Å². The normalized spacial score (nSPS) is 23.1. The van der Waals surface area contributed by atoms with Crippen LogP contribution in [0, 0.1) is 0 Å². The molecule has 3 aromatic carbocycles. The van der Waals surface area contributed by atoms with Crippen LogP contribution in [-0.2, 0) is 99.8 Å². The van der Waals surface area contributed by atoms with Gasteiger partial charge in [0.2, 0.25) is 11.8 Å². The number of fused-ring (bicyclic) bond motifs is 9. The molecule has 0 bridgehead atoms. The molecule has 12 rings (SSSR count). The number of halogens is 2. The zero-order chi connectivity index (χ0) is 68.8. The largest absolute Gasteiger partial charge is 0.697 e. The van der Waals surface area contributed by atoms with Gasteiger partial charge in [-0.05, 0) is 53.4 Å². The number of ether oxygens (including phenoxy) is 6. The second-order valence-electron chi connectivity index (χ2n) is 23.1. The molecule has 32 nitrogen and oxygen atoms in total. The number of aromatic nitrogens is 11. The Morgan fingerprint density at radius 3 is 2.13 bits per heavy atom. The van der Waals surface area contributed by atoms with E-state index in [1.54, 1.807) is 17.0 Å². The SMILES string of the molecule is Nc1ncnc2c1ncn2[C@@H]1O[C@@H]2CO[P@](=O)(SCc3ccc(COCCOCCOCCn4nnc5c4-c4ccccc4CN(C(=O)CCCCC(=O)NCCCOCC(O)COP=O)c4ccccc4-5)cc3)O[C@H]3[C@@H](F)[C@H](n4cnc5c(N)ncnc54)O[C@@H]3CO[P+](=O)O[C@H]2[C@H]1F. The number of nitrogens with zero attached hydrogens (tertiary/aromatic N) is 12. The van der Waals surface area contributed by atoms with Crippen molar-refractivity contribution in [2.45, 2.75) is 113 Å². The monoisotopic (exact) mass is 1450 g/mol. The number of aliphatic hydroxyl groups is 1. The Hall–Kier alpha value is -7.40. The van der Waals surface area contributed by atoms with Crippen LogP contribution in [0.2, 0.25) is 0 Å². The lowest BCUT2D eigenvalue weighted by molar-refractivity contribution is -0.122. The van der Waals surface area contributed by atoms with E-state index in [0.29, 0.717) is 88.9 Å². The number of unbranched alkanes of at least 4 members (excludes halogenated alkanes) is 1. The number of nitrogens with one attached hydrogen (secondary N) is 1. The fourth-order valence-corrected chi connectivity index (χ4v) is 16.0.